The van der Waals surface area contributed by atoms with Gasteiger partial charge in [-0.2, -0.15) is 18.4 Å². The fourth-order valence-electron chi connectivity index (χ4n) is 4.07. The van der Waals surface area contributed by atoms with E-state index in [1.165, 1.54) is 17.0 Å². The van der Waals surface area contributed by atoms with Gasteiger partial charge in [-0.15, -0.1) is 10.2 Å². The lowest BCUT2D eigenvalue weighted by molar-refractivity contribution is -0.138. The van der Waals surface area contributed by atoms with Gasteiger partial charge in [0.25, 0.3) is 5.91 Å². The maximum Gasteiger partial charge on any atom is 0.417 e. The Balaban J connectivity index is 1.55. The first-order valence-corrected chi connectivity index (χ1v) is 11.0. The molecule has 2 atom stereocenters. The van der Waals surface area contributed by atoms with Crippen LogP contribution in [-0.4, -0.2) is 40.8 Å². The van der Waals surface area contributed by atoms with Crippen molar-refractivity contribution in [3.8, 4) is 29.0 Å². The van der Waals surface area contributed by atoms with Crippen molar-refractivity contribution in [2.75, 3.05) is 13.7 Å². The van der Waals surface area contributed by atoms with Gasteiger partial charge >= 0.3 is 6.18 Å². The Bertz CT molecular complexity index is 1310. The lowest BCUT2D eigenvalue weighted by atomic mass is 9.89. The van der Waals surface area contributed by atoms with Crippen molar-refractivity contribution in [1.29, 1.82) is 5.26 Å². The molecule has 0 bridgehead atoms. The molecule has 1 aliphatic heterocycles. The number of likely N-dealkylation sites (tertiary alicyclic amines) is 1. The van der Waals surface area contributed by atoms with E-state index in [9.17, 15) is 18.0 Å². The maximum atomic E-state index is 13.4. The molecule has 2 unspecified atom stereocenters. The summed E-state index contributed by atoms with van der Waals surface area (Å²) in [7, 11) is 1.56. The molecule has 11 heteroatoms. The molecule has 2 aromatic carbocycles. The molecule has 0 spiro atoms. The number of nitriles is 1. The van der Waals surface area contributed by atoms with Crippen LogP contribution in [0.15, 0.2) is 46.9 Å². The van der Waals surface area contributed by atoms with Crippen LogP contribution in [0.5, 0.6) is 11.5 Å². The van der Waals surface area contributed by atoms with E-state index in [2.05, 4.69) is 10.2 Å². The second-order valence-electron chi connectivity index (χ2n) is 9.12. The first-order chi connectivity index (χ1) is 16.9. The number of halogens is 3. The van der Waals surface area contributed by atoms with Gasteiger partial charge in [0.15, 0.2) is 6.10 Å². The van der Waals surface area contributed by atoms with Crippen molar-refractivity contribution in [3.05, 3.63) is 59.5 Å². The first kappa shape index (κ1) is 25.0. The second-order valence-corrected chi connectivity index (χ2v) is 9.12. The Hall–Kier alpha value is -4.07. The lowest BCUT2D eigenvalue weighted by Gasteiger charge is -2.25. The number of ether oxygens (including phenoxy) is 2. The monoisotopic (exact) mass is 500 g/mol. The van der Waals surface area contributed by atoms with E-state index >= 15 is 0 Å². The quantitative estimate of drug-likeness (QED) is 0.469. The van der Waals surface area contributed by atoms with E-state index in [1.54, 1.807) is 52.1 Å². The van der Waals surface area contributed by atoms with Crippen molar-refractivity contribution in [1.82, 2.24) is 15.1 Å². The van der Waals surface area contributed by atoms with Gasteiger partial charge in [-0.3, -0.25) is 4.79 Å². The van der Waals surface area contributed by atoms with Gasteiger partial charge in [-0.05, 0) is 49.4 Å². The molecule has 1 aromatic heterocycles. The van der Waals surface area contributed by atoms with E-state index in [-0.39, 0.29) is 24.1 Å². The molecular weight excluding hydrogens is 477 g/mol. The molecule has 1 saturated heterocycles. The second kappa shape index (κ2) is 9.18. The maximum absolute atomic E-state index is 13.4. The van der Waals surface area contributed by atoms with Crippen LogP contribution in [-0.2, 0) is 11.0 Å². The lowest BCUT2D eigenvalue weighted by Crippen LogP contribution is -2.37. The summed E-state index contributed by atoms with van der Waals surface area (Å²) >= 11 is 0. The zero-order valence-corrected chi connectivity index (χ0v) is 20.0. The Morgan fingerprint density at radius 3 is 2.44 bits per heavy atom. The van der Waals surface area contributed by atoms with Crippen LogP contribution in [0.4, 0.5) is 13.2 Å². The number of hydrogen-bond acceptors (Lipinski definition) is 7. The van der Waals surface area contributed by atoms with Crippen LogP contribution in [0.1, 0.15) is 43.8 Å². The highest BCUT2D eigenvalue weighted by Crippen LogP contribution is 2.40. The predicted molar refractivity (Wildman–Crippen MR) is 121 cm³/mol. The van der Waals surface area contributed by atoms with Gasteiger partial charge in [0.05, 0.1) is 24.3 Å². The Kier molecular flexibility index (Phi) is 6.39. The number of carbonyl (C=O) groups excluding carboxylic acids is 1. The molecule has 1 amide bonds. The Labute approximate surface area is 205 Å². The van der Waals surface area contributed by atoms with E-state index < -0.39 is 40.8 Å². The summed E-state index contributed by atoms with van der Waals surface area (Å²) < 4.78 is 56.8. The van der Waals surface area contributed by atoms with Crippen LogP contribution in [0.2, 0.25) is 0 Å². The smallest absolute Gasteiger partial charge is 0.417 e. The summed E-state index contributed by atoms with van der Waals surface area (Å²) in [5.74, 6) is 0.586. The molecule has 36 heavy (non-hydrogen) atoms. The molecule has 8 nitrogen and oxygen atoms in total. The van der Waals surface area contributed by atoms with E-state index in [0.29, 0.717) is 11.3 Å². The van der Waals surface area contributed by atoms with Crippen LogP contribution in [0.3, 0.4) is 0 Å². The Morgan fingerprint density at radius 1 is 1.17 bits per heavy atom. The minimum atomic E-state index is -4.74. The molecule has 1 aliphatic rings. The fraction of sp³-hybridized carbons (Fsp3) is 0.360. The molecule has 0 N–H and O–H groups in total. The van der Waals surface area contributed by atoms with Crippen molar-refractivity contribution in [2.45, 2.75) is 39.1 Å². The van der Waals surface area contributed by atoms with Gasteiger partial charge in [0, 0.05) is 17.5 Å². The van der Waals surface area contributed by atoms with Crippen molar-refractivity contribution < 1.29 is 31.9 Å². The highest BCUT2D eigenvalue weighted by atomic mass is 19.4. The number of alkyl halides is 3. The van der Waals surface area contributed by atoms with Gasteiger partial charge in [0.2, 0.25) is 11.8 Å². The van der Waals surface area contributed by atoms with Gasteiger partial charge in [-0.25, -0.2) is 0 Å². The number of rotatable bonds is 6. The summed E-state index contributed by atoms with van der Waals surface area (Å²) in [6, 6.07) is 11.0. The average molecular weight is 500 g/mol. The fourth-order valence-corrected chi connectivity index (χ4v) is 4.07. The van der Waals surface area contributed by atoms with Crippen LogP contribution >= 0.6 is 0 Å². The number of amides is 1. The topological polar surface area (TPSA) is 101 Å². The third-order valence-electron chi connectivity index (χ3n) is 6.07. The first-order valence-electron chi connectivity index (χ1n) is 11.0. The van der Waals surface area contributed by atoms with Gasteiger partial charge in [0.1, 0.15) is 17.5 Å². The predicted octanol–water partition coefficient (Wildman–Crippen LogP) is 5.01. The van der Waals surface area contributed by atoms with Crippen molar-refractivity contribution in [3.63, 3.8) is 0 Å². The summed E-state index contributed by atoms with van der Waals surface area (Å²) in [5.41, 5.74) is -1.70. The molecule has 3 aromatic rings. The molecule has 2 heterocycles. The molecule has 4 rings (SSSR count). The number of benzene rings is 2. The summed E-state index contributed by atoms with van der Waals surface area (Å²) in [4.78, 5) is 14.8. The zero-order valence-electron chi connectivity index (χ0n) is 20.0. The van der Waals surface area contributed by atoms with Crippen LogP contribution in [0.25, 0.3) is 11.5 Å². The van der Waals surface area contributed by atoms with Gasteiger partial charge in [-0.1, -0.05) is 13.8 Å². The number of aromatic nitrogens is 2. The molecular formula is C25H23F3N4O4. The standard InChI is InChI=1S/C25H23F3N4O4/c1-14(21-30-31-22(36-21)15-5-8-17(34-4)9-6-15)32-13-24(2,3)20(23(32)33)35-18-10-7-16(12-29)19(11-18)25(26,27)28/h5-11,14,20H,13H2,1-4H3. The average Bonchev–Trinajstić information content (AvgIpc) is 3.42. The van der Waals surface area contributed by atoms with E-state index in [0.717, 1.165) is 12.1 Å². The van der Waals surface area contributed by atoms with Crippen LogP contribution in [0, 0.1) is 16.7 Å². The molecule has 0 radical (unpaired) electrons. The zero-order chi connectivity index (χ0) is 26.3. The summed E-state index contributed by atoms with van der Waals surface area (Å²) in [6.45, 7) is 5.55. The van der Waals surface area contributed by atoms with Crippen molar-refractivity contribution >= 4 is 5.91 Å². The summed E-state index contributed by atoms with van der Waals surface area (Å²) in [6.07, 6.45) is -5.79. The highest BCUT2D eigenvalue weighted by Gasteiger charge is 2.50. The summed E-state index contributed by atoms with van der Waals surface area (Å²) in [5, 5.41) is 17.2. The number of hydrogen-bond donors (Lipinski definition) is 0. The van der Waals surface area contributed by atoms with E-state index in [1.807, 2.05) is 0 Å². The largest absolute Gasteiger partial charge is 0.497 e. The van der Waals surface area contributed by atoms with Crippen LogP contribution < -0.4 is 9.47 Å². The Morgan fingerprint density at radius 2 is 1.83 bits per heavy atom. The molecule has 0 saturated carbocycles. The van der Waals surface area contributed by atoms with Gasteiger partial charge < -0.3 is 18.8 Å². The third kappa shape index (κ3) is 4.71. The molecule has 1 fully saturated rings. The SMILES string of the molecule is COc1ccc(-c2nnc(C(C)N3CC(C)(C)C(Oc4ccc(C#N)c(C(F)(F)F)c4)C3=O)o2)cc1. The minimum Gasteiger partial charge on any atom is -0.497 e. The third-order valence-corrected chi connectivity index (χ3v) is 6.07. The normalized spacial score (nSPS) is 18.1. The number of nitrogens with zero attached hydrogens (tertiary/aromatic N) is 4. The van der Waals surface area contributed by atoms with E-state index in [4.69, 9.17) is 19.2 Å². The number of carbonyl (C=O) groups is 1. The molecule has 188 valence electrons. The minimum absolute atomic E-state index is 0.151. The highest BCUT2D eigenvalue weighted by molar-refractivity contribution is 5.85. The van der Waals surface area contributed by atoms with Crippen molar-refractivity contribution in [2.24, 2.45) is 5.41 Å². The number of methoxy groups -OCH3 is 1. The molecule has 0 aliphatic carbocycles.